The number of alkyl halides is 2. The van der Waals surface area contributed by atoms with Gasteiger partial charge in [0.05, 0.1) is 18.3 Å². The maximum Gasteiger partial charge on any atom is 0.387 e. The summed E-state index contributed by atoms with van der Waals surface area (Å²) in [6, 6.07) is 2.98. The largest absolute Gasteiger partial charge is 0.433 e. The summed E-state index contributed by atoms with van der Waals surface area (Å²) in [6.45, 7) is -2.84. The Hall–Kier alpha value is -1.43. The zero-order valence-corrected chi connectivity index (χ0v) is 9.85. The van der Waals surface area contributed by atoms with Gasteiger partial charge in [-0.3, -0.25) is 0 Å². The molecule has 2 rings (SSSR count). The molecule has 4 nitrogen and oxygen atoms in total. The molecule has 100 valence electrons. The van der Waals surface area contributed by atoms with E-state index in [-0.39, 0.29) is 17.9 Å². The van der Waals surface area contributed by atoms with Crippen molar-refractivity contribution in [2.24, 2.45) is 0 Å². The van der Waals surface area contributed by atoms with Crippen LogP contribution in [0.1, 0.15) is 25.7 Å². The van der Waals surface area contributed by atoms with E-state index >= 15 is 0 Å². The van der Waals surface area contributed by atoms with E-state index in [1.165, 1.54) is 12.3 Å². The molecule has 1 aromatic rings. The molecule has 18 heavy (non-hydrogen) atoms. The highest BCUT2D eigenvalue weighted by atomic mass is 19.3. The summed E-state index contributed by atoms with van der Waals surface area (Å²) in [5, 5.41) is 12.9. The summed E-state index contributed by atoms with van der Waals surface area (Å²) >= 11 is 0. The second kappa shape index (κ2) is 5.95. The first kappa shape index (κ1) is 13.0. The highest BCUT2D eigenvalue weighted by molar-refractivity contribution is 5.38. The molecule has 0 radical (unpaired) electrons. The van der Waals surface area contributed by atoms with E-state index in [0.717, 1.165) is 25.7 Å². The molecule has 0 aliphatic heterocycles. The normalized spacial score (nSPS) is 24.0. The Morgan fingerprint density at radius 1 is 1.33 bits per heavy atom. The third-order valence-corrected chi connectivity index (χ3v) is 3.02. The lowest BCUT2D eigenvalue weighted by Crippen LogP contribution is -2.36. The van der Waals surface area contributed by atoms with Gasteiger partial charge in [-0.2, -0.15) is 8.78 Å². The number of hydrogen-bond acceptors (Lipinski definition) is 4. The van der Waals surface area contributed by atoms with Crippen molar-refractivity contribution in [3.05, 3.63) is 18.3 Å². The molecular formula is C12H16F2N2O2. The Bertz CT molecular complexity index is 373. The number of aliphatic hydroxyl groups is 1. The fourth-order valence-corrected chi connectivity index (χ4v) is 2.11. The third kappa shape index (κ3) is 3.53. The highest BCUT2D eigenvalue weighted by Crippen LogP contribution is 2.22. The summed E-state index contributed by atoms with van der Waals surface area (Å²) < 4.78 is 28.1. The molecule has 0 bridgehead atoms. The van der Waals surface area contributed by atoms with Crippen LogP contribution in [-0.2, 0) is 0 Å². The van der Waals surface area contributed by atoms with E-state index in [1.54, 1.807) is 6.07 Å². The molecule has 6 heteroatoms. The van der Waals surface area contributed by atoms with Gasteiger partial charge < -0.3 is 15.2 Å². The predicted octanol–water partition coefficient (Wildman–Crippen LogP) is 2.40. The van der Waals surface area contributed by atoms with Gasteiger partial charge in [0.15, 0.2) is 0 Å². The van der Waals surface area contributed by atoms with Crippen molar-refractivity contribution >= 4 is 5.82 Å². The molecule has 1 aliphatic rings. The first-order chi connectivity index (χ1) is 8.65. The van der Waals surface area contributed by atoms with Crippen molar-refractivity contribution in [1.29, 1.82) is 0 Å². The maximum atomic E-state index is 11.9. The first-order valence-electron chi connectivity index (χ1n) is 6.00. The van der Waals surface area contributed by atoms with Gasteiger partial charge in [0.25, 0.3) is 0 Å². The molecule has 1 aromatic heterocycles. The van der Waals surface area contributed by atoms with Gasteiger partial charge in [-0.15, -0.1) is 0 Å². The lowest BCUT2D eigenvalue weighted by Gasteiger charge is -2.28. The van der Waals surface area contributed by atoms with Gasteiger partial charge in [-0.05, 0) is 25.0 Å². The van der Waals surface area contributed by atoms with E-state index in [1.807, 2.05) is 0 Å². The number of ether oxygens (including phenoxy) is 1. The van der Waals surface area contributed by atoms with Crippen LogP contribution in [0, 0.1) is 0 Å². The van der Waals surface area contributed by atoms with E-state index in [2.05, 4.69) is 15.0 Å². The van der Waals surface area contributed by atoms with E-state index in [0.29, 0.717) is 5.82 Å². The third-order valence-electron chi connectivity index (χ3n) is 3.02. The van der Waals surface area contributed by atoms with Crippen LogP contribution in [0.5, 0.6) is 5.75 Å². The fraction of sp³-hybridized carbons (Fsp3) is 0.583. The lowest BCUT2D eigenvalue weighted by molar-refractivity contribution is -0.0500. The van der Waals surface area contributed by atoms with Crippen LogP contribution >= 0.6 is 0 Å². The Morgan fingerprint density at radius 2 is 2.11 bits per heavy atom. The molecule has 0 spiro atoms. The first-order valence-corrected chi connectivity index (χ1v) is 6.00. The topological polar surface area (TPSA) is 54.4 Å². The molecular weight excluding hydrogens is 242 g/mol. The Balaban J connectivity index is 1.93. The van der Waals surface area contributed by atoms with Crippen molar-refractivity contribution < 1.29 is 18.6 Å². The number of halogens is 2. The average Bonchev–Trinajstić information content (AvgIpc) is 2.34. The van der Waals surface area contributed by atoms with Crippen LogP contribution in [0.15, 0.2) is 18.3 Å². The Morgan fingerprint density at radius 3 is 2.72 bits per heavy atom. The zero-order valence-electron chi connectivity index (χ0n) is 9.85. The predicted molar refractivity (Wildman–Crippen MR) is 62.8 cm³/mol. The van der Waals surface area contributed by atoms with Crippen molar-refractivity contribution in [2.45, 2.75) is 44.4 Å². The Labute approximate surface area is 104 Å². The number of rotatable bonds is 4. The summed E-state index contributed by atoms with van der Waals surface area (Å²) in [5.41, 5.74) is 0. The number of anilines is 1. The smallest absolute Gasteiger partial charge is 0.387 e. The molecule has 0 amide bonds. The molecule has 1 heterocycles. The molecule has 2 N–H and O–H groups in total. The van der Waals surface area contributed by atoms with E-state index in [4.69, 9.17) is 0 Å². The van der Waals surface area contributed by atoms with Crippen LogP contribution in [-0.4, -0.2) is 28.8 Å². The number of nitrogens with zero attached hydrogens (tertiary/aromatic N) is 1. The fourth-order valence-electron chi connectivity index (χ4n) is 2.11. The molecule has 0 unspecified atom stereocenters. The number of hydrogen-bond donors (Lipinski definition) is 2. The van der Waals surface area contributed by atoms with E-state index < -0.39 is 6.61 Å². The summed E-state index contributed by atoms with van der Waals surface area (Å²) in [4.78, 5) is 3.98. The number of nitrogens with one attached hydrogen (secondary N) is 1. The van der Waals surface area contributed by atoms with Gasteiger partial charge in [0, 0.05) is 0 Å². The number of pyridine rings is 1. The van der Waals surface area contributed by atoms with Crippen molar-refractivity contribution in [2.75, 3.05) is 5.32 Å². The molecule has 1 saturated carbocycles. The summed E-state index contributed by atoms with van der Waals surface area (Å²) in [7, 11) is 0. The van der Waals surface area contributed by atoms with Crippen molar-refractivity contribution in [1.82, 2.24) is 4.98 Å². The quantitative estimate of drug-likeness (QED) is 0.870. The second-order valence-corrected chi connectivity index (χ2v) is 4.36. The van der Waals surface area contributed by atoms with Crippen molar-refractivity contribution in [3.8, 4) is 5.75 Å². The highest BCUT2D eigenvalue weighted by Gasteiger charge is 2.22. The summed E-state index contributed by atoms with van der Waals surface area (Å²) in [5.74, 6) is 0.585. The zero-order chi connectivity index (χ0) is 13.0. The Kier molecular flexibility index (Phi) is 4.30. The molecule has 1 aliphatic carbocycles. The molecule has 0 saturated heterocycles. The second-order valence-electron chi connectivity index (χ2n) is 4.36. The maximum absolute atomic E-state index is 11.9. The summed E-state index contributed by atoms with van der Waals surface area (Å²) in [6.07, 6.45) is 4.64. The van der Waals surface area contributed by atoms with Crippen molar-refractivity contribution in [3.63, 3.8) is 0 Å². The van der Waals surface area contributed by atoms with Gasteiger partial charge in [-0.25, -0.2) is 4.98 Å². The molecule has 1 fully saturated rings. The van der Waals surface area contributed by atoms with Crippen LogP contribution in [0.2, 0.25) is 0 Å². The average molecular weight is 258 g/mol. The number of aromatic nitrogens is 1. The lowest BCUT2D eigenvalue weighted by atomic mass is 9.92. The van der Waals surface area contributed by atoms with Gasteiger partial charge in [0.1, 0.15) is 11.6 Å². The van der Waals surface area contributed by atoms with Gasteiger partial charge in [-0.1, -0.05) is 12.8 Å². The molecule has 2 atom stereocenters. The van der Waals surface area contributed by atoms with Gasteiger partial charge >= 0.3 is 6.61 Å². The minimum absolute atomic E-state index is 0.0203. The molecule has 0 aromatic carbocycles. The minimum atomic E-state index is -2.84. The minimum Gasteiger partial charge on any atom is -0.433 e. The van der Waals surface area contributed by atoms with Gasteiger partial charge in [0.2, 0.25) is 0 Å². The van der Waals surface area contributed by atoms with Crippen LogP contribution in [0.3, 0.4) is 0 Å². The SMILES string of the molecule is O[C@H]1CCCC[C@@H]1Nc1ccc(OC(F)F)cn1. The van der Waals surface area contributed by atoms with Crippen LogP contribution in [0.25, 0.3) is 0 Å². The standard InChI is InChI=1S/C12H16F2N2O2/c13-12(14)18-8-5-6-11(15-7-8)16-9-3-1-2-4-10(9)17/h5-7,9-10,12,17H,1-4H2,(H,15,16)/t9-,10-/m0/s1. The van der Waals surface area contributed by atoms with E-state index in [9.17, 15) is 13.9 Å². The van der Waals surface area contributed by atoms with Crippen LogP contribution in [0.4, 0.5) is 14.6 Å². The number of aliphatic hydroxyl groups excluding tert-OH is 1. The van der Waals surface area contributed by atoms with Crippen LogP contribution < -0.4 is 10.1 Å². The monoisotopic (exact) mass is 258 g/mol.